The van der Waals surface area contributed by atoms with E-state index in [4.69, 9.17) is 0 Å². The first-order chi connectivity index (χ1) is 11.4. The topological polar surface area (TPSA) is 57.6 Å². The van der Waals surface area contributed by atoms with E-state index in [1.165, 1.54) is 45.4 Å². The Morgan fingerprint density at radius 2 is 1.62 bits per heavy atom. The summed E-state index contributed by atoms with van der Waals surface area (Å²) in [7, 11) is 0. The highest BCUT2D eigenvalue weighted by Gasteiger charge is 2.40. The van der Waals surface area contributed by atoms with Gasteiger partial charge in [0.05, 0.1) is 6.04 Å². The van der Waals surface area contributed by atoms with Crippen LogP contribution in [0.3, 0.4) is 0 Å². The summed E-state index contributed by atoms with van der Waals surface area (Å²) in [5, 5.41) is 10.3. The zero-order valence-electron chi connectivity index (χ0n) is 15.9. The van der Waals surface area contributed by atoms with Gasteiger partial charge in [0.25, 0.3) is 5.91 Å². The smallest absolute Gasteiger partial charge is 0.261 e. The summed E-state index contributed by atoms with van der Waals surface area (Å²) in [6.07, 6.45) is 10.4. The van der Waals surface area contributed by atoms with E-state index >= 15 is 0 Å². The van der Waals surface area contributed by atoms with Crippen molar-refractivity contribution in [1.29, 1.82) is 0 Å². The van der Waals surface area contributed by atoms with Gasteiger partial charge in [-0.05, 0) is 25.7 Å². The number of rotatable bonds is 12. The summed E-state index contributed by atoms with van der Waals surface area (Å²) in [6.45, 7) is 8.34. The maximum atomic E-state index is 12.5. The van der Waals surface area contributed by atoms with Crippen LogP contribution in [0.25, 0.3) is 0 Å². The van der Waals surface area contributed by atoms with Crippen molar-refractivity contribution >= 4 is 11.7 Å². The summed E-state index contributed by atoms with van der Waals surface area (Å²) < 4.78 is 0. The molecule has 1 aliphatic rings. The largest absolute Gasteiger partial charge is 0.509 e. The molecule has 1 atom stereocenters. The predicted molar refractivity (Wildman–Crippen MR) is 97.9 cm³/mol. The molecule has 0 saturated heterocycles. The third-order valence-corrected chi connectivity index (χ3v) is 4.72. The molecule has 0 aromatic rings. The predicted octanol–water partition coefficient (Wildman–Crippen LogP) is 4.79. The second-order valence-electron chi connectivity index (χ2n) is 7.44. The van der Waals surface area contributed by atoms with Crippen molar-refractivity contribution in [3.8, 4) is 0 Å². The van der Waals surface area contributed by atoms with Gasteiger partial charge < -0.3 is 10.0 Å². The number of amides is 1. The van der Waals surface area contributed by atoms with Crippen LogP contribution < -0.4 is 0 Å². The first-order valence-electron chi connectivity index (χ1n) is 9.65. The number of aliphatic hydroxyl groups excluding tert-OH is 1. The van der Waals surface area contributed by atoms with Crippen molar-refractivity contribution in [2.24, 2.45) is 5.92 Å². The van der Waals surface area contributed by atoms with Gasteiger partial charge in [0, 0.05) is 6.54 Å². The highest BCUT2D eigenvalue weighted by atomic mass is 16.3. The average Bonchev–Trinajstić information content (AvgIpc) is 2.73. The molecule has 0 spiro atoms. The van der Waals surface area contributed by atoms with Gasteiger partial charge >= 0.3 is 0 Å². The minimum atomic E-state index is -0.329. The maximum absolute atomic E-state index is 12.5. The first kappa shape index (κ1) is 20.7. The van der Waals surface area contributed by atoms with E-state index in [2.05, 4.69) is 20.8 Å². The number of Topliss-reactive ketones (excluding diaryl/α,β-unsaturated/α-hetero) is 1. The molecule has 1 rings (SSSR count). The minimum Gasteiger partial charge on any atom is -0.509 e. The zero-order chi connectivity index (χ0) is 18.1. The summed E-state index contributed by atoms with van der Waals surface area (Å²) in [5.41, 5.74) is 0.000200. The fourth-order valence-electron chi connectivity index (χ4n) is 3.40. The Morgan fingerprint density at radius 1 is 1.08 bits per heavy atom. The highest BCUT2D eigenvalue weighted by molar-refractivity contribution is 6.20. The van der Waals surface area contributed by atoms with Crippen molar-refractivity contribution in [3.05, 3.63) is 11.3 Å². The summed E-state index contributed by atoms with van der Waals surface area (Å²) in [4.78, 5) is 25.9. The molecule has 0 saturated carbocycles. The number of carbonyl (C=O) groups excluding carboxylic acids is 2. The number of hydrogen-bond donors (Lipinski definition) is 1. The van der Waals surface area contributed by atoms with Crippen molar-refractivity contribution in [2.75, 3.05) is 6.54 Å². The van der Waals surface area contributed by atoms with Crippen LogP contribution in [0.2, 0.25) is 0 Å². The van der Waals surface area contributed by atoms with E-state index in [1.54, 1.807) is 4.90 Å². The molecule has 1 aliphatic heterocycles. The summed E-state index contributed by atoms with van der Waals surface area (Å²) in [6, 6.07) is -0.319. The molecule has 0 aromatic heterocycles. The van der Waals surface area contributed by atoms with Crippen molar-refractivity contribution in [2.45, 2.75) is 91.5 Å². The third kappa shape index (κ3) is 5.95. The fourth-order valence-corrected chi connectivity index (χ4v) is 3.40. The number of carbonyl (C=O) groups is 2. The van der Waals surface area contributed by atoms with E-state index in [-0.39, 0.29) is 29.1 Å². The molecule has 138 valence electrons. The lowest BCUT2D eigenvalue weighted by Gasteiger charge is -2.26. The van der Waals surface area contributed by atoms with E-state index in [0.29, 0.717) is 18.9 Å². The Hall–Kier alpha value is -1.32. The van der Waals surface area contributed by atoms with Gasteiger partial charge in [-0.2, -0.15) is 0 Å². The molecule has 1 heterocycles. The van der Waals surface area contributed by atoms with Crippen LogP contribution in [0.15, 0.2) is 11.3 Å². The van der Waals surface area contributed by atoms with Crippen LogP contribution >= 0.6 is 0 Å². The molecule has 1 N–H and O–H groups in total. The monoisotopic (exact) mass is 337 g/mol. The normalized spacial score (nSPS) is 18.1. The Kier molecular flexibility index (Phi) is 9.09. The molecular weight excluding hydrogens is 302 g/mol. The Balaban J connectivity index is 2.47. The van der Waals surface area contributed by atoms with Crippen molar-refractivity contribution in [3.63, 3.8) is 0 Å². The number of ketones is 1. The quantitative estimate of drug-likeness (QED) is 0.411. The number of unbranched alkanes of at least 4 members (excludes halogenated alkanes) is 7. The molecule has 24 heavy (non-hydrogen) atoms. The second kappa shape index (κ2) is 10.5. The van der Waals surface area contributed by atoms with Crippen LogP contribution in [0.4, 0.5) is 0 Å². The lowest BCUT2D eigenvalue weighted by molar-refractivity contribution is -0.129. The zero-order valence-corrected chi connectivity index (χ0v) is 15.9. The molecule has 0 bridgehead atoms. The molecule has 0 unspecified atom stereocenters. The first-order valence-corrected chi connectivity index (χ1v) is 9.65. The molecule has 0 fully saturated rings. The molecule has 4 heteroatoms. The van der Waals surface area contributed by atoms with Crippen LogP contribution in [-0.2, 0) is 9.59 Å². The Morgan fingerprint density at radius 3 is 2.12 bits per heavy atom. The average molecular weight is 338 g/mol. The molecule has 4 nitrogen and oxygen atoms in total. The SMILES string of the molecule is CCCCCCCCCCN1C(=O)C(C(C)=O)=C(O)[C@@H]1CC(C)C. The molecular formula is C20H35NO3. The second-order valence-corrected chi connectivity index (χ2v) is 7.44. The highest BCUT2D eigenvalue weighted by Crippen LogP contribution is 2.29. The molecule has 0 aromatic carbocycles. The molecule has 1 amide bonds. The van der Waals surface area contributed by atoms with E-state index in [0.717, 1.165) is 12.8 Å². The summed E-state index contributed by atoms with van der Waals surface area (Å²) in [5.74, 6) is -0.267. The Labute approximate surface area is 147 Å². The van der Waals surface area contributed by atoms with Crippen molar-refractivity contribution in [1.82, 2.24) is 4.90 Å². The number of aliphatic hydroxyl groups is 1. The van der Waals surface area contributed by atoms with Gasteiger partial charge in [0.15, 0.2) is 5.78 Å². The summed E-state index contributed by atoms with van der Waals surface area (Å²) >= 11 is 0. The standard InChI is InChI=1S/C20H35NO3/c1-5-6-7-8-9-10-11-12-13-21-17(14-15(2)3)19(23)18(16(4)22)20(21)24/h15,17,23H,5-14H2,1-4H3/t17-/m0/s1. The van der Waals surface area contributed by atoms with Crippen LogP contribution in [-0.4, -0.2) is 34.3 Å². The number of nitrogens with zero attached hydrogens (tertiary/aromatic N) is 1. The lowest BCUT2D eigenvalue weighted by atomic mass is 10.0. The van der Waals surface area contributed by atoms with Gasteiger partial charge in [-0.3, -0.25) is 9.59 Å². The fraction of sp³-hybridized carbons (Fsp3) is 0.800. The van der Waals surface area contributed by atoms with Crippen molar-refractivity contribution < 1.29 is 14.7 Å². The van der Waals surface area contributed by atoms with Gasteiger partial charge in [-0.1, -0.05) is 65.7 Å². The van der Waals surface area contributed by atoms with E-state index in [9.17, 15) is 14.7 Å². The van der Waals surface area contributed by atoms with Gasteiger partial charge in [-0.15, -0.1) is 0 Å². The van der Waals surface area contributed by atoms with E-state index < -0.39 is 0 Å². The molecule has 0 aliphatic carbocycles. The molecule has 0 radical (unpaired) electrons. The van der Waals surface area contributed by atoms with Gasteiger partial charge in [0.2, 0.25) is 0 Å². The Bertz CT molecular complexity index is 454. The maximum Gasteiger partial charge on any atom is 0.261 e. The van der Waals surface area contributed by atoms with Crippen LogP contribution in [0.1, 0.15) is 85.5 Å². The minimum absolute atomic E-state index is 0.000200. The van der Waals surface area contributed by atoms with Gasteiger partial charge in [-0.25, -0.2) is 0 Å². The lowest BCUT2D eigenvalue weighted by Crippen LogP contribution is -2.37. The van der Waals surface area contributed by atoms with E-state index in [1.807, 2.05) is 0 Å². The van der Waals surface area contributed by atoms with Crippen LogP contribution in [0.5, 0.6) is 0 Å². The van der Waals surface area contributed by atoms with Gasteiger partial charge in [0.1, 0.15) is 11.3 Å². The van der Waals surface area contributed by atoms with Crippen LogP contribution in [0, 0.1) is 5.92 Å². The third-order valence-electron chi connectivity index (χ3n) is 4.72. The number of hydrogen-bond acceptors (Lipinski definition) is 3.